The third-order valence-electron chi connectivity index (χ3n) is 1.21. The van der Waals surface area contributed by atoms with E-state index in [0.29, 0.717) is 0 Å². The lowest BCUT2D eigenvalue weighted by molar-refractivity contribution is 1.22. The molecule has 0 saturated heterocycles. The molecule has 0 rings (SSSR count). The molecule has 0 fully saturated rings. The molecule has 1 nitrogen and oxygen atoms in total. The lowest BCUT2D eigenvalue weighted by Gasteiger charge is -2.03. The molecule has 0 saturated carbocycles. The summed E-state index contributed by atoms with van der Waals surface area (Å²) < 4.78 is 0. The average molecular weight is 187 g/mol. The van der Waals surface area contributed by atoms with Crippen LogP contribution in [-0.4, -0.2) is 11.8 Å². The highest BCUT2D eigenvalue weighted by Crippen LogP contribution is 2.24. The molecule has 0 aromatic heterocycles. The van der Waals surface area contributed by atoms with Gasteiger partial charge in [-0.15, -0.1) is 18.3 Å². The van der Waals surface area contributed by atoms with E-state index in [1.165, 1.54) is 4.91 Å². The standard InChI is InChI=1S/C8H13NS2/c1-4-5-8(11-6-10)7(2)9-3/h4,10H,1,3,5-6H2,2H3/b8-7-. The predicted octanol–water partition coefficient (Wildman–Crippen LogP) is 3.12. The van der Waals surface area contributed by atoms with Crippen LogP contribution in [0.5, 0.6) is 0 Å². The normalized spacial score (nSPS) is 12.2. The number of thioether (sulfide) groups is 1. The Morgan fingerprint density at radius 1 is 1.73 bits per heavy atom. The van der Waals surface area contributed by atoms with Crippen molar-refractivity contribution in [2.75, 3.05) is 5.08 Å². The first-order valence-electron chi connectivity index (χ1n) is 3.27. The predicted molar refractivity (Wildman–Crippen MR) is 58.5 cm³/mol. The minimum atomic E-state index is 0.774. The van der Waals surface area contributed by atoms with Crippen LogP contribution < -0.4 is 0 Å². The van der Waals surface area contributed by atoms with Crippen molar-refractivity contribution in [1.82, 2.24) is 0 Å². The number of allylic oxidation sites excluding steroid dienone is 3. The summed E-state index contributed by atoms with van der Waals surface area (Å²) in [5.74, 6) is 0. The summed E-state index contributed by atoms with van der Waals surface area (Å²) in [6, 6.07) is 0. The van der Waals surface area contributed by atoms with Crippen LogP contribution in [0.3, 0.4) is 0 Å². The molecule has 0 amide bonds. The second-order valence-corrected chi connectivity index (χ2v) is 3.75. The van der Waals surface area contributed by atoms with E-state index in [4.69, 9.17) is 0 Å². The summed E-state index contributed by atoms with van der Waals surface area (Å²) in [5.41, 5.74) is 0.976. The Bertz CT molecular complexity index is 173. The van der Waals surface area contributed by atoms with E-state index in [2.05, 4.69) is 30.9 Å². The topological polar surface area (TPSA) is 12.4 Å². The molecule has 0 aromatic carbocycles. The number of aliphatic imine (C=N–C) groups is 1. The van der Waals surface area contributed by atoms with Gasteiger partial charge < -0.3 is 0 Å². The lowest BCUT2D eigenvalue weighted by atomic mass is 10.3. The van der Waals surface area contributed by atoms with Gasteiger partial charge in [0.15, 0.2) is 0 Å². The highest BCUT2D eigenvalue weighted by Gasteiger charge is 1.98. The zero-order valence-electron chi connectivity index (χ0n) is 6.71. The van der Waals surface area contributed by atoms with Crippen LogP contribution in [0.2, 0.25) is 0 Å². The summed E-state index contributed by atoms with van der Waals surface area (Å²) in [7, 11) is 0. The average Bonchev–Trinajstić information content (AvgIpc) is 2.03. The Labute approximate surface area is 78.1 Å². The molecule has 0 aliphatic heterocycles. The molecule has 0 spiro atoms. The van der Waals surface area contributed by atoms with Crippen molar-refractivity contribution in [3.63, 3.8) is 0 Å². The maximum atomic E-state index is 4.12. The number of hydrogen-bond acceptors (Lipinski definition) is 3. The van der Waals surface area contributed by atoms with Crippen molar-refractivity contribution < 1.29 is 0 Å². The summed E-state index contributed by atoms with van der Waals surface area (Å²) >= 11 is 5.79. The van der Waals surface area contributed by atoms with Crippen molar-refractivity contribution in [2.45, 2.75) is 13.3 Å². The minimum absolute atomic E-state index is 0.774. The van der Waals surface area contributed by atoms with Gasteiger partial charge in [-0.2, -0.15) is 12.6 Å². The van der Waals surface area contributed by atoms with Crippen molar-refractivity contribution >= 4 is 31.1 Å². The third-order valence-corrected chi connectivity index (χ3v) is 2.54. The largest absolute Gasteiger partial charge is 0.269 e. The van der Waals surface area contributed by atoms with Gasteiger partial charge in [0.05, 0.1) is 0 Å². The van der Waals surface area contributed by atoms with Gasteiger partial charge in [0.1, 0.15) is 0 Å². The quantitative estimate of drug-likeness (QED) is 0.302. The van der Waals surface area contributed by atoms with Crippen LogP contribution in [0.15, 0.2) is 28.2 Å². The highest BCUT2D eigenvalue weighted by molar-refractivity contribution is 8.12. The second kappa shape index (κ2) is 6.55. The summed E-state index contributed by atoms with van der Waals surface area (Å²) in [4.78, 5) is 5.05. The molecular weight excluding hydrogens is 174 g/mol. The van der Waals surface area contributed by atoms with Crippen LogP contribution in [0.1, 0.15) is 13.3 Å². The van der Waals surface area contributed by atoms with Gasteiger partial charge in [0, 0.05) is 15.7 Å². The van der Waals surface area contributed by atoms with E-state index in [-0.39, 0.29) is 0 Å². The van der Waals surface area contributed by atoms with Gasteiger partial charge >= 0.3 is 0 Å². The Morgan fingerprint density at radius 3 is 2.73 bits per heavy atom. The lowest BCUT2D eigenvalue weighted by Crippen LogP contribution is -1.80. The summed E-state index contributed by atoms with van der Waals surface area (Å²) in [6.07, 6.45) is 2.72. The van der Waals surface area contributed by atoms with Crippen LogP contribution in [0.4, 0.5) is 0 Å². The van der Waals surface area contributed by atoms with Crippen molar-refractivity contribution in [1.29, 1.82) is 0 Å². The molecule has 0 aliphatic carbocycles. The Hall–Kier alpha value is -0.150. The Morgan fingerprint density at radius 2 is 2.36 bits per heavy atom. The first-order valence-corrected chi connectivity index (χ1v) is 4.89. The Kier molecular flexibility index (Phi) is 6.46. The summed E-state index contributed by atoms with van der Waals surface area (Å²) in [5, 5.41) is 0.774. The second-order valence-electron chi connectivity index (χ2n) is 1.93. The molecule has 62 valence electrons. The molecule has 0 radical (unpaired) electrons. The number of rotatable bonds is 5. The van der Waals surface area contributed by atoms with Crippen LogP contribution in [0.25, 0.3) is 0 Å². The molecule has 0 unspecified atom stereocenters. The maximum absolute atomic E-state index is 4.12. The van der Waals surface area contributed by atoms with Crippen LogP contribution >= 0.6 is 24.4 Å². The van der Waals surface area contributed by atoms with Crippen LogP contribution in [0, 0.1) is 0 Å². The molecule has 0 aliphatic rings. The molecular formula is C8H13NS2. The fourth-order valence-corrected chi connectivity index (χ4v) is 1.74. The van der Waals surface area contributed by atoms with Gasteiger partial charge in [0.2, 0.25) is 0 Å². The molecule has 0 bridgehead atoms. The van der Waals surface area contributed by atoms with E-state index >= 15 is 0 Å². The minimum Gasteiger partial charge on any atom is -0.269 e. The highest BCUT2D eigenvalue weighted by atomic mass is 32.2. The first-order chi connectivity index (χ1) is 5.26. The van der Waals surface area contributed by atoms with Crippen LogP contribution in [-0.2, 0) is 0 Å². The molecule has 0 aromatic rings. The van der Waals surface area contributed by atoms with Gasteiger partial charge in [-0.3, -0.25) is 4.99 Å². The smallest absolute Gasteiger partial charge is 0.0463 e. The van der Waals surface area contributed by atoms with Crippen molar-refractivity contribution in [3.05, 3.63) is 23.3 Å². The molecule has 0 heterocycles. The van der Waals surface area contributed by atoms with E-state index in [1.54, 1.807) is 11.8 Å². The maximum Gasteiger partial charge on any atom is 0.0463 e. The zero-order valence-corrected chi connectivity index (χ0v) is 8.42. The molecule has 3 heteroatoms. The Balaban J connectivity index is 4.28. The number of hydrogen-bond donors (Lipinski definition) is 1. The van der Waals surface area contributed by atoms with E-state index < -0.39 is 0 Å². The van der Waals surface area contributed by atoms with E-state index in [9.17, 15) is 0 Å². The van der Waals surface area contributed by atoms with Crippen molar-refractivity contribution in [3.8, 4) is 0 Å². The van der Waals surface area contributed by atoms with Gasteiger partial charge in [0.25, 0.3) is 0 Å². The fourth-order valence-electron chi connectivity index (χ4n) is 0.608. The van der Waals surface area contributed by atoms with E-state index in [1.807, 2.05) is 13.0 Å². The zero-order chi connectivity index (χ0) is 8.69. The van der Waals surface area contributed by atoms with Gasteiger partial charge in [-0.25, -0.2) is 0 Å². The van der Waals surface area contributed by atoms with Gasteiger partial charge in [-0.05, 0) is 20.1 Å². The fraction of sp³-hybridized carbons (Fsp3) is 0.375. The first kappa shape index (κ1) is 10.8. The monoisotopic (exact) mass is 187 g/mol. The van der Waals surface area contributed by atoms with E-state index in [0.717, 1.165) is 17.2 Å². The van der Waals surface area contributed by atoms with Crippen molar-refractivity contribution in [2.24, 2.45) is 4.99 Å². The number of nitrogens with zero attached hydrogens (tertiary/aromatic N) is 1. The molecule has 0 N–H and O–H groups in total. The molecule has 11 heavy (non-hydrogen) atoms. The number of thiol groups is 1. The molecule has 0 atom stereocenters. The van der Waals surface area contributed by atoms with Gasteiger partial charge in [-0.1, -0.05) is 6.08 Å². The third kappa shape index (κ3) is 4.32. The SMILES string of the molecule is C=CC/C(SCS)=C(\C)N=C. The summed E-state index contributed by atoms with van der Waals surface area (Å²) in [6.45, 7) is 9.08.